The lowest BCUT2D eigenvalue weighted by Gasteiger charge is -2.14. The van der Waals surface area contributed by atoms with Gasteiger partial charge in [0.05, 0.1) is 38.8 Å². The number of hydrogen-bond donors (Lipinski definition) is 0. The highest BCUT2D eigenvalue weighted by Crippen LogP contribution is 2.48. The van der Waals surface area contributed by atoms with E-state index in [1.807, 2.05) is 36.4 Å². The van der Waals surface area contributed by atoms with Crippen LogP contribution in [0.3, 0.4) is 0 Å². The highest BCUT2D eigenvalue weighted by molar-refractivity contribution is 7.26. The molecular weight excluding hydrogens is 873 g/mol. The third-order valence-corrected chi connectivity index (χ3v) is 15.3. The molecule has 6 nitrogen and oxygen atoms in total. The van der Waals surface area contributed by atoms with E-state index < -0.39 is 0 Å². The van der Waals surface area contributed by atoms with Crippen molar-refractivity contribution in [3.63, 3.8) is 0 Å². The summed E-state index contributed by atoms with van der Waals surface area (Å²) in [6.45, 7) is 0. The Morgan fingerprint density at radius 1 is 0.300 bits per heavy atom. The first-order valence-corrected chi connectivity index (χ1v) is 24.4. The molecule has 15 aromatic rings. The minimum absolute atomic E-state index is 0.642. The molecule has 10 aromatic carbocycles. The van der Waals surface area contributed by atoms with E-state index >= 15 is 0 Å². The maximum atomic E-state index is 5.25. The van der Waals surface area contributed by atoms with Crippen LogP contribution in [0.15, 0.2) is 231 Å². The van der Waals surface area contributed by atoms with Gasteiger partial charge < -0.3 is 13.7 Å². The fourth-order valence-electron chi connectivity index (χ4n) is 11.1. The van der Waals surface area contributed by atoms with Crippen molar-refractivity contribution >= 4 is 96.9 Å². The Kier molecular flexibility index (Phi) is 8.43. The number of thiophene rings is 1. The number of aromatic nitrogens is 6. The van der Waals surface area contributed by atoms with Gasteiger partial charge in [0.15, 0.2) is 17.5 Å². The van der Waals surface area contributed by atoms with Gasteiger partial charge in [0.2, 0.25) is 0 Å². The van der Waals surface area contributed by atoms with Crippen molar-refractivity contribution in [1.82, 2.24) is 28.7 Å². The van der Waals surface area contributed by atoms with Crippen LogP contribution in [0.25, 0.3) is 137 Å². The van der Waals surface area contributed by atoms with Crippen molar-refractivity contribution in [3.8, 4) is 51.2 Å². The zero-order valence-electron chi connectivity index (χ0n) is 37.5. The highest BCUT2D eigenvalue weighted by atomic mass is 32.1. The lowest BCUT2D eigenvalue weighted by atomic mass is 10.0. The number of nitrogens with zero attached hydrogens (tertiary/aromatic N) is 6. The van der Waals surface area contributed by atoms with Crippen molar-refractivity contribution in [2.75, 3.05) is 0 Å². The molecule has 0 spiro atoms. The summed E-state index contributed by atoms with van der Waals surface area (Å²) >= 11 is 1.80. The summed E-state index contributed by atoms with van der Waals surface area (Å²) in [5.41, 5.74) is 13.2. The molecule has 0 aliphatic heterocycles. The topological polar surface area (TPSA) is 53.5 Å². The molecule has 0 saturated heterocycles. The first-order chi connectivity index (χ1) is 34.7. The molecule has 5 heterocycles. The Labute approximate surface area is 405 Å². The average molecular weight is 911 g/mol. The third-order valence-electron chi connectivity index (χ3n) is 14.1. The van der Waals surface area contributed by atoms with Crippen LogP contribution < -0.4 is 0 Å². The zero-order chi connectivity index (χ0) is 45.9. The molecule has 326 valence electrons. The van der Waals surface area contributed by atoms with Crippen LogP contribution in [-0.4, -0.2) is 28.7 Å². The third kappa shape index (κ3) is 5.70. The van der Waals surface area contributed by atoms with Crippen LogP contribution in [0.1, 0.15) is 0 Å². The normalized spacial score (nSPS) is 12.0. The van der Waals surface area contributed by atoms with Gasteiger partial charge in [-0.15, -0.1) is 11.3 Å². The van der Waals surface area contributed by atoms with Gasteiger partial charge in [0.25, 0.3) is 0 Å². The highest BCUT2D eigenvalue weighted by Gasteiger charge is 2.25. The van der Waals surface area contributed by atoms with Crippen molar-refractivity contribution in [2.24, 2.45) is 0 Å². The summed E-state index contributed by atoms with van der Waals surface area (Å²) in [4.78, 5) is 15.6. The molecule has 0 fully saturated rings. The molecule has 0 saturated carbocycles. The Balaban J connectivity index is 1.06. The Morgan fingerprint density at radius 3 is 1.43 bits per heavy atom. The quantitative estimate of drug-likeness (QED) is 0.167. The second kappa shape index (κ2) is 15.2. The average Bonchev–Trinajstić information content (AvgIpc) is 4.18. The first kappa shape index (κ1) is 38.9. The summed E-state index contributed by atoms with van der Waals surface area (Å²) in [7, 11) is 0. The molecule has 0 atom stereocenters. The van der Waals surface area contributed by atoms with Gasteiger partial charge >= 0.3 is 0 Å². The van der Waals surface area contributed by atoms with E-state index in [4.69, 9.17) is 15.0 Å². The number of fused-ring (bicyclic) bond motifs is 13. The van der Waals surface area contributed by atoms with E-state index in [9.17, 15) is 0 Å². The van der Waals surface area contributed by atoms with E-state index in [2.05, 4.69) is 208 Å². The molecule has 0 amide bonds. The predicted octanol–water partition coefficient (Wildman–Crippen LogP) is 16.5. The molecule has 0 radical (unpaired) electrons. The number of hydrogen-bond acceptors (Lipinski definition) is 4. The standard InChI is InChI=1S/C63H38N6S/c1-4-18-39(19-5-1)61-64-62(40-20-6-2-7-21-40)66-63(65-61)47-33-35-55(59-46-27-13-17-31-56(46)70-60(47)59)69-52-34-32-42(68-49-28-14-10-24-43(49)44-25-11-15-29-50(44)68)38-48(52)58-54(69)37-36-53-57(58)45-26-12-16-30-51(45)67(53)41-22-8-3-9-23-41/h1-38H. The molecule has 0 aliphatic rings. The van der Waals surface area contributed by atoms with Gasteiger partial charge in [-0.05, 0) is 78.9 Å². The maximum absolute atomic E-state index is 5.25. The minimum atomic E-state index is 0.642. The van der Waals surface area contributed by atoms with E-state index in [0.29, 0.717) is 17.5 Å². The van der Waals surface area contributed by atoms with Gasteiger partial charge in [0, 0.05) is 80.6 Å². The molecule has 7 heteroatoms. The summed E-state index contributed by atoms with van der Waals surface area (Å²) in [5, 5.41) is 9.69. The summed E-state index contributed by atoms with van der Waals surface area (Å²) in [5.74, 6) is 1.93. The fourth-order valence-corrected chi connectivity index (χ4v) is 12.3. The summed E-state index contributed by atoms with van der Waals surface area (Å²) < 4.78 is 9.70. The number of rotatable bonds is 6. The van der Waals surface area contributed by atoms with Crippen molar-refractivity contribution < 1.29 is 0 Å². The van der Waals surface area contributed by atoms with Crippen LogP contribution in [-0.2, 0) is 0 Å². The molecule has 15 rings (SSSR count). The first-order valence-electron chi connectivity index (χ1n) is 23.6. The van der Waals surface area contributed by atoms with Crippen LogP contribution in [0.5, 0.6) is 0 Å². The zero-order valence-corrected chi connectivity index (χ0v) is 38.3. The maximum Gasteiger partial charge on any atom is 0.165 e. The van der Waals surface area contributed by atoms with Crippen LogP contribution in [0.4, 0.5) is 0 Å². The molecular formula is C63H38N6S. The number of para-hydroxylation sites is 4. The summed E-state index contributed by atoms with van der Waals surface area (Å²) in [6.07, 6.45) is 0. The van der Waals surface area contributed by atoms with Crippen LogP contribution >= 0.6 is 11.3 Å². The van der Waals surface area contributed by atoms with Gasteiger partial charge in [-0.2, -0.15) is 0 Å². The molecule has 5 aromatic heterocycles. The van der Waals surface area contributed by atoms with Gasteiger partial charge in [-0.1, -0.05) is 152 Å². The van der Waals surface area contributed by atoms with Crippen LogP contribution in [0.2, 0.25) is 0 Å². The lowest BCUT2D eigenvalue weighted by Crippen LogP contribution is -2.01. The van der Waals surface area contributed by atoms with E-state index in [1.165, 1.54) is 64.5 Å². The number of benzene rings is 10. The van der Waals surface area contributed by atoms with Crippen LogP contribution in [0, 0.1) is 0 Å². The monoisotopic (exact) mass is 910 g/mol. The Hall–Kier alpha value is -9.17. The summed E-state index contributed by atoms with van der Waals surface area (Å²) in [6, 6.07) is 82.6. The van der Waals surface area contributed by atoms with E-state index in [0.717, 1.165) is 54.9 Å². The lowest BCUT2D eigenvalue weighted by molar-refractivity contribution is 1.08. The van der Waals surface area contributed by atoms with Gasteiger partial charge in [-0.3, -0.25) is 0 Å². The second-order valence-corrected chi connectivity index (χ2v) is 19.0. The van der Waals surface area contributed by atoms with Gasteiger partial charge in [-0.25, -0.2) is 15.0 Å². The second-order valence-electron chi connectivity index (χ2n) is 17.9. The fraction of sp³-hybridized carbons (Fsp3) is 0. The van der Waals surface area contributed by atoms with E-state index in [-0.39, 0.29) is 0 Å². The smallest absolute Gasteiger partial charge is 0.165 e. The Morgan fingerprint density at radius 2 is 0.771 bits per heavy atom. The van der Waals surface area contributed by atoms with Crippen molar-refractivity contribution in [2.45, 2.75) is 0 Å². The van der Waals surface area contributed by atoms with Gasteiger partial charge in [0.1, 0.15) is 0 Å². The van der Waals surface area contributed by atoms with E-state index in [1.54, 1.807) is 11.3 Å². The molecule has 70 heavy (non-hydrogen) atoms. The molecule has 0 aliphatic carbocycles. The largest absolute Gasteiger partial charge is 0.309 e. The van der Waals surface area contributed by atoms with Crippen molar-refractivity contribution in [1.29, 1.82) is 0 Å². The predicted molar refractivity (Wildman–Crippen MR) is 292 cm³/mol. The van der Waals surface area contributed by atoms with Crippen molar-refractivity contribution in [3.05, 3.63) is 231 Å². The SMILES string of the molecule is c1ccc(-c2nc(-c3ccccc3)nc(-c3ccc(-n4c5ccc(-n6c7ccccc7c7ccccc76)cc5c5c6c7ccccc7n(-c7ccccc7)c6ccc54)c4c3sc3ccccc34)n2)cc1. The minimum Gasteiger partial charge on any atom is -0.309 e. The molecule has 0 N–H and O–H groups in total. The molecule has 0 bridgehead atoms. The molecule has 0 unspecified atom stereocenters. The Bertz CT molecular complexity index is 4470.